The minimum absolute atomic E-state index is 0.0937. The van der Waals surface area contributed by atoms with Gasteiger partial charge in [0.05, 0.1) is 11.3 Å². The Morgan fingerprint density at radius 3 is 2.33 bits per heavy atom. The number of carboxylic acids is 1. The Balaban J connectivity index is 1.89. The van der Waals surface area contributed by atoms with Gasteiger partial charge in [0.15, 0.2) is 0 Å². The summed E-state index contributed by atoms with van der Waals surface area (Å²) >= 11 is 0. The summed E-state index contributed by atoms with van der Waals surface area (Å²) < 4.78 is 13.3. The fraction of sp³-hybridized carbons (Fsp3) is 0.0667. The van der Waals surface area contributed by atoms with Gasteiger partial charge in [-0.25, -0.2) is 14.0 Å². The minimum atomic E-state index is -1.01. The van der Waals surface area contributed by atoms with E-state index in [2.05, 4.69) is 10.6 Å². The number of amides is 2. The Labute approximate surface area is 120 Å². The molecule has 2 aromatic carbocycles. The SMILES string of the molecule is O=C(NCc1ccc(C(=O)O)cc1)Nc1ccccc1F. The van der Waals surface area contributed by atoms with Gasteiger partial charge >= 0.3 is 12.0 Å². The third-order valence-electron chi connectivity index (χ3n) is 2.78. The monoisotopic (exact) mass is 288 g/mol. The molecule has 0 saturated carbocycles. The second kappa shape index (κ2) is 6.51. The second-order valence-corrected chi connectivity index (χ2v) is 4.29. The fourth-order valence-electron chi connectivity index (χ4n) is 1.68. The summed E-state index contributed by atoms with van der Waals surface area (Å²) in [5, 5.41) is 13.7. The first kappa shape index (κ1) is 14.5. The normalized spacial score (nSPS) is 9.95. The minimum Gasteiger partial charge on any atom is -0.478 e. The highest BCUT2D eigenvalue weighted by atomic mass is 19.1. The van der Waals surface area contributed by atoms with E-state index in [4.69, 9.17) is 5.11 Å². The highest BCUT2D eigenvalue weighted by molar-refractivity contribution is 5.89. The number of carbonyl (C=O) groups excluding carboxylic acids is 1. The van der Waals surface area contributed by atoms with Gasteiger partial charge in [-0.2, -0.15) is 0 Å². The number of hydrogen-bond donors (Lipinski definition) is 3. The molecule has 0 unspecified atom stereocenters. The molecule has 108 valence electrons. The molecule has 2 aromatic rings. The first-order chi connectivity index (χ1) is 10.1. The van der Waals surface area contributed by atoms with Crippen LogP contribution in [-0.2, 0) is 6.54 Å². The van der Waals surface area contributed by atoms with Crippen LogP contribution in [0, 0.1) is 5.82 Å². The summed E-state index contributed by atoms with van der Waals surface area (Å²) in [6.07, 6.45) is 0. The van der Waals surface area contributed by atoms with Crippen molar-refractivity contribution in [2.75, 3.05) is 5.32 Å². The first-order valence-corrected chi connectivity index (χ1v) is 6.18. The van der Waals surface area contributed by atoms with Crippen molar-refractivity contribution in [3.8, 4) is 0 Å². The van der Waals surface area contributed by atoms with Crippen LogP contribution < -0.4 is 10.6 Å². The van der Waals surface area contributed by atoms with Crippen molar-refractivity contribution in [2.45, 2.75) is 6.54 Å². The van der Waals surface area contributed by atoms with E-state index in [1.165, 1.54) is 30.3 Å². The van der Waals surface area contributed by atoms with E-state index in [0.717, 1.165) is 5.56 Å². The molecule has 0 spiro atoms. The molecule has 0 bridgehead atoms. The number of para-hydroxylation sites is 1. The van der Waals surface area contributed by atoms with Crippen LogP contribution in [0.2, 0.25) is 0 Å². The van der Waals surface area contributed by atoms with Gasteiger partial charge in [0.1, 0.15) is 5.82 Å². The maximum Gasteiger partial charge on any atom is 0.335 e. The summed E-state index contributed by atoms with van der Waals surface area (Å²) in [7, 11) is 0. The molecule has 5 nitrogen and oxygen atoms in total. The van der Waals surface area contributed by atoms with Crippen LogP contribution >= 0.6 is 0 Å². The second-order valence-electron chi connectivity index (χ2n) is 4.29. The summed E-state index contributed by atoms with van der Waals surface area (Å²) in [5.41, 5.74) is 1.01. The lowest BCUT2D eigenvalue weighted by Gasteiger charge is -2.08. The zero-order valence-corrected chi connectivity index (χ0v) is 11.0. The van der Waals surface area contributed by atoms with Crippen molar-refractivity contribution in [3.05, 3.63) is 65.5 Å². The fourth-order valence-corrected chi connectivity index (χ4v) is 1.68. The number of nitrogens with one attached hydrogen (secondary N) is 2. The number of carboxylic acid groups (broad SMARTS) is 1. The predicted octanol–water partition coefficient (Wildman–Crippen LogP) is 2.85. The van der Waals surface area contributed by atoms with Crippen LogP contribution in [0.3, 0.4) is 0 Å². The van der Waals surface area contributed by atoms with Crippen LogP contribution in [0.4, 0.5) is 14.9 Å². The van der Waals surface area contributed by atoms with E-state index in [0.29, 0.717) is 0 Å². The smallest absolute Gasteiger partial charge is 0.335 e. The Morgan fingerprint density at radius 2 is 1.71 bits per heavy atom. The predicted molar refractivity (Wildman–Crippen MR) is 75.7 cm³/mol. The zero-order valence-electron chi connectivity index (χ0n) is 11.0. The highest BCUT2D eigenvalue weighted by Gasteiger charge is 2.06. The number of carbonyl (C=O) groups is 2. The number of anilines is 1. The van der Waals surface area contributed by atoms with Gasteiger partial charge < -0.3 is 15.7 Å². The van der Waals surface area contributed by atoms with E-state index in [1.54, 1.807) is 18.2 Å². The van der Waals surface area contributed by atoms with Crippen LogP contribution in [0.25, 0.3) is 0 Å². The molecule has 0 aliphatic heterocycles. The van der Waals surface area contributed by atoms with Gasteiger partial charge in [0.25, 0.3) is 0 Å². The molecule has 2 rings (SSSR count). The maximum absolute atomic E-state index is 13.3. The molecule has 0 aliphatic rings. The van der Waals surface area contributed by atoms with Gasteiger partial charge in [-0.3, -0.25) is 0 Å². The van der Waals surface area contributed by atoms with Crippen molar-refractivity contribution >= 4 is 17.7 Å². The quantitative estimate of drug-likeness (QED) is 0.809. The van der Waals surface area contributed by atoms with E-state index in [-0.39, 0.29) is 17.8 Å². The lowest BCUT2D eigenvalue weighted by atomic mass is 10.1. The number of aromatic carboxylic acids is 1. The summed E-state index contributed by atoms with van der Waals surface area (Å²) in [4.78, 5) is 22.3. The molecule has 0 fully saturated rings. The Bertz CT molecular complexity index is 656. The molecule has 0 aromatic heterocycles. The largest absolute Gasteiger partial charge is 0.478 e. The molecule has 21 heavy (non-hydrogen) atoms. The number of rotatable bonds is 4. The molecule has 0 radical (unpaired) electrons. The van der Waals surface area contributed by atoms with Gasteiger partial charge in [-0.05, 0) is 29.8 Å². The number of halogens is 1. The van der Waals surface area contributed by atoms with Gasteiger partial charge in [0.2, 0.25) is 0 Å². The number of hydrogen-bond acceptors (Lipinski definition) is 2. The van der Waals surface area contributed by atoms with Crippen LogP contribution in [0.1, 0.15) is 15.9 Å². The Hall–Kier alpha value is -2.89. The molecule has 6 heteroatoms. The number of urea groups is 1. The number of benzene rings is 2. The van der Waals surface area contributed by atoms with Crippen LogP contribution in [-0.4, -0.2) is 17.1 Å². The molecule has 2 amide bonds. The molecular weight excluding hydrogens is 275 g/mol. The van der Waals surface area contributed by atoms with Crippen molar-refractivity contribution in [3.63, 3.8) is 0 Å². The first-order valence-electron chi connectivity index (χ1n) is 6.18. The van der Waals surface area contributed by atoms with E-state index < -0.39 is 17.8 Å². The summed E-state index contributed by atoms with van der Waals surface area (Å²) in [5.74, 6) is -1.52. The van der Waals surface area contributed by atoms with Gasteiger partial charge in [-0.15, -0.1) is 0 Å². The molecule has 0 heterocycles. The molecular formula is C15H13FN2O3. The lowest BCUT2D eigenvalue weighted by Crippen LogP contribution is -2.28. The van der Waals surface area contributed by atoms with Gasteiger partial charge in [-0.1, -0.05) is 24.3 Å². The van der Waals surface area contributed by atoms with Crippen molar-refractivity contribution in [1.82, 2.24) is 5.32 Å². The van der Waals surface area contributed by atoms with Crippen molar-refractivity contribution < 1.29 is 19.1 Å². The molecule has 3 N–H and O–H groups in total. The Morgan fingerprint density at radius 1 is 1.05 bits per heavy atom. The average molecular weight is 288 g/mol. The lowest BCUT2D eigenvalue weighted by molar-refractivity contribution is 0.0697. The maximum atomic E-state index is 13.3. The standard InChI is InChI=1S/C15H13FN2O3/c16-12-3-1-2-4-13(12)18-15(21)17-9-10-5-7-11(8-6-10)14(19)20/h1-8H,9H2,(H,19,20)(H2,17,18,21). The molecule has 0 atom stereocenters. The molecule has 0 aliphatic carbocycles. The van der Waals surface area contributed by atoms with Gasteiger partial charge in [0, 0.05) is 6.54 Å². The third-order valence-corrected chi connectivity index (χ3v) is 2.78. The topological polar surface area (TPSA) is 78.4 Å². The van der Waals surface area contributed by atoms with E-state index in [1.807, 2.05) is 0 Å². The van der Waals surface area contributed by atoms with Crippen molar-refractivity contribution in [1.29, 1.82) is 0 Å². The zero-order chi connectivity index (χ0) is 15.2. The van der Waals surface area contributed by atoms with Crippen LogP contribution in [0.15, 0.2) is 48.5 Å². The average Bonchev–Trinajstić information content (AvgIpc) is 2.48. The summed E-state index contributed by atoms with van der Waals surface area (Å²) in [6, 6.07) is 11.4. The highest BCUT2D eigenvalue weighted by Crippen LogP contribution is 2.12. The Kier molecular flexibility index (Phi) is 4.50. The molecule has 0 saturated heterocycles. The van der Waals surface area contributed by atoms with E-state index in [9.17, 15) is 14.0 Å². The van der Waals surface area contributed by atoms with Crippen molar-refractivity contribution in [2.24, 2.45) is 0 Å². The van der Waals surface area contributed by atoms with E-state index >= 15 is 0 Å². The summed E-state index contributed by atoms with van der Waals surface area (Å²) in [6.45, 7) is 0.209. The van der Waals surface area contributed by atoms with Crippen LogP contribution in [0.5, 0.6) is 0 Å². The third kappa shape index (κ3) is 4.04.